The van der Waals surface area contributed by atoms with E-state index in [2.05, 4.69) is 17.6 Å². The summed E-state index contributed by atoms with van der Waals surface area (Å²) in [6.45, 7) is 0. The Kier molecular flexibility index (Phi) is 3.36. The van der Waals surface area contributed by atoms with Gasteiger partial charge < -0.3 is 16.0 Å². The zero-order valence-electron chi connectivity index (χ0n) is 11.1. The van der Waals surface area contributed by atoms with Crippen molar-refractivity contribution in [3.8, 4) is 0 Å². The van der Waals surface area contributed by atoms with Crippen molar-refractivity contribution in [2.24, 2.45) is 11.5 Å². The molecule has 1 saturated carbocycles. The minimum atomic E-state index is -0.919. The van der Waals surface area contributed by atoms with Crippen LogP contribution < -0.4 is 11.5 Å². The van der Waals surface area contributed by atoms with Crippen molar-refractivity contribution < 1.29 is 8.78 Å². The molecule has 4 nitrogen and oxygen atoms in total. The zero-order valence-corrected chi connectivity index (χ0v) is 11.9. The first kappa shape index (κ1) is 13.9. The van der Waals surface area contributed by atoms with Crippen LogP contribution in [-0.2, 0) is 0 Å². The number of allylic oxidation sites excluding steroid dienone is 2. The van der Waals surface area contributed by atoms with Gasteiger partial charge in [0.2, 0.25) is 0 Å². The summed E-state index contributed by atoms with van der Waals surface area (Å²) in [4.78, 5) is 4.37. The van der Waals surface area contributed by atoms with Crippen molar-refractivity contribution in [1.29, 1.82) is 0 Å². The number of rotatable bonds is 3. The number of imidazole rings is 1. The highest BCUT2D eigenvalue weighted by atomic mass is 32.1. The number of fused-ring (bicyclic) bond motifs is 1. The van der Waals surface area contributed by atoms with E-state index in [9.17, 15) is 8.78 Å². The molecule has 1 aromatic heterocycles. The maximum atomic E-state index is 13.5. The van der Waals surface area contributed by atoms with Gasteiger partial charge in [-0.15, -0.1) is 12.6 Å². The number of aromatic nitrogens is 2. The van der Waals surface area contributed by atoms with Crippen LogP contribution in [0.5, 0.6) is 0 Å². The third-order valence-electron chi connectivity index (χ3n) is 3.38. The molecule has 3 rings (SSSR count). The lowest BCUT2D eigenvalue weighted by atomic mass is 10.2. The minimum Gasteiger partial charge on any atom is -0.404 e. The third-order valence-corrected chi connectivity index (χ3v) is 3.51. The van der Waals surface area contributed by atoms with Gasteiger partial charge in [-0.3, -0.25) is 0 Å². The first-order chi connectivity index (χ1) is 10.0. The number of thiol groups is 1. The van der Waals surface area contributed by atoms with Gasteiger partial charge in [-0.2, -0.15) is 0 Å². The maximum absolute atomic E-state index is 13.5. The summed E-state index contributed by atoms with van der Waals surface area (Å²) in [5.41, 5.74) is 12.7. The fraction of sp³-hybridized carbons (Fsp3) is 0.214. The monoisotopic (exact) mass is 308 g/mol. The first-order valence-corrected chi connectivity index (χ1v) is 6.91. The Morgan fingerprint density at radius 1 is 1.33 bits per heavy atom. The number of nitrogens with two attached hydrogens (primary N) is 2. The molecule has 110 valence electrons. The molecule has 2 aromatic rings. The molecular formula is C14H14F2N4S. The predicted octanol–water partition coefficient (Wildman–Crippen LogP) is 2.68. The van der Waals surface area contributed by atoms with E-state index in [0.717, 1.165) is 18.9 Å². The Labute approximate surface area is 125 Å². The second-order valence-corrected chi connectivity index (χ2v) is 5.50. The Bertz CT molecular complexity index is 771. The van der Waals surface area contributed by atoms with Gasteiger partial charge in [0.05, 0.1) is 16.1 Å². The molecule has 0 unspecified atom stereocenters. The highest BCUT2D eigenvalue weighted by molar-refractivity contribution is 7.84. The molecular weight excluding hydrogens is 294 g/mol. The summed E-state index contributed by atoms with van der Waals surface area (Å²) in [7, 11) is 0. The molecule has 21 heavy (non-hydrogen) atoms. The summed E-state index contributed by atoms with van der Waals surface area (Å²) in [6.07, 6.45) is 4.86. The van der Waals surface area contributed by atoms with Crippen LogP contribution in [0.15, 0.2) is 29.4 Å². The van der Waals surface area contributed by atoms with E-state index in [0.29, 0.717) is 22.4 Å². The Morgan fingerprint density at radius 3 is 2.57 bits per heavy atom. The van der Waals surface area contributed by atoms with E-state index in [1.54, 1.807) is 6.08 Å². The maximum Gasteiger partial charge on any atom is 0.161 e. The lowest BCUT2D eigenvalue weighted by Crippen LogP contribution is -2.03. The van der Waals surface area contributed by atoms with E-state index >= 15 is 0 Å². The van der Waals surface area contributed by atoms with E-state index in [1.807, 2.05) is 4.57 Å². The Morgan fingerprint density at radius 2 is 2.00 bits per heavy atom. The minimum absolute atomic E-state index is 0.222. The van der Waals surface area contributed by atoms with Crippen LogP contribution in [0.1, 0.15) is 24.7 Å². The molecule has 0 saturated heterocycles. The fourth-order valence-corrected chi connectivity index (χ4v) is 2.48. The normalized spacial score (nSPS) is 16.7. The van der Waals surface area contributed by atoms with Crippen LogP contribution in [0.3, 0.4) is 0 Å². The molecule has 0 atom stereocenters. The third kappa shape index (κ3) is 2.49. The van der Waals surface area contributed by atoms with Crippen molar-refractivity contribution in [2.45, 2.75) is 18.9 Å². The molecule has 7 heteroatoms. The van der Waals surface area contributed by atoms with Crippen molar-refractivity contribution >= 4 is 29.2 Å². The zero-order chi connectivity index (χ0) is 15.1. The van der Waals surface area contributed by atoms with Gasteiger partial charge >= 0.3 is 0 Å². The average molecular weight is 308 g/mol. The quantitative estimate of drug-likeness (QED) is 0.603. The summed E-state index contributed by atoms with van der Waals surface area (Å²) < 4.78 is 28.8. The molecule has 1 aliphatic carbocycles. The van der Waals surface area contributed by atoms with Gasteiger partial charge in [0.1, 0.15) is 5.82 Å². The number of hydrogen-bond donors (Lipinski definition) is 3. The van der Waals surface area contributed by atoms with Gasteiger partial charge in [-0.1, -0.05) is 0 Å². The molecule has 0 bridgehead atoms. The molecule has 0 aliphatic heterocycles. The van der Waals surface area contributed by atoms with Gasteiger partial charge in [0.15, 0.2) is 11.6 Å². The van der Waals surface area contributed by atoms with Crippen LogP contribution >= 0.6 is 12.6 Å². The van der Waals surface area contributed by atoms with E-state index in [-0.39, 0.29) is 11.1 Å². The van der Waals surface area contributed by atoms with Gasteiger partial charge in [0.25, 0.3) is 0 Å². The predicted molar refractivity (Wildman–Crippen MR) is 81.3 cm³/mol. The molecule has 1 fully saturated rings. The number of benzene rings is 1. The molecule has 4 N–H and O–H groups in total. The van der Waals surface area contributed by atoms with E-state index in [4.69, 9.17) is 11.5 Å². The topological polar surface area (TPSA) is 69.9 Å². The second-order valence-electron chi connectivity index (χ2n) is 4.98. The SMILES string of the molecule is N/C=C(\C=C(/N)S)c1nc2cc(F)c(F)cc2n1C1CC1. The highest BCUT2D eigenvalue weighted by Crippen LogP contribution is 2.40. The van der Waals surface area contributed by atoms with Crippen LogP contribution in [0.2, 0.25) is 0 Å². The fourth-order valence-electron chi connectivity index (χ4n) is 2.34. The summed E-state index contributed by atoms with van der Waals surface area (Å²) >= 11 is 4.02. The summed E-state index contributed by atoms with van der Waals surface area (Å²) in [5.74, 6) is -1.27. The van der Waals surface area contributed by atoms with Gasteiger partial charge in [0, 0.05) is 29.9 Å². The van der Waals surface area contributed by atoms with Crippen LogP contribution in [0.25, 0.3) is 16.6 Å². The smallest absolute Gasteiger partial charge is 0.161 e. The van der Waals surface area contributed by atoms with E-state index in [1.165, 1.54) is 12.3 Å². The highest BCUT2D eigenvalue weighted by Gasteiger charge is 2.29. The van der Waals surface area contributed by atoms with Crippen molar-refractivity contribution in [3.05, 3.63) is 46.9 Å². The Balaban J connectivity index is 2.27. The molecule has 1 heterocycles. The lowest BCUT2D eigenvalue weighted by Gasteiger charge is -2.08. The molecule has 0 amide bonds. The molecule has 1 aromatic carbocycles. The number of nitrogens with zero attached hydrogens (tertiary/aromatic N) is 2. The van der Waals surface area contributed by atoms with E-state index < -0.39 is 11.6 Å². The molecule has 0 radical (unpaired) electrons. The first-order valence-electron chi connectivity index (χ1n) is 6.46. The number of halogens is 2. The number of hydrogen-bond acceptors (Lipinski definition) is 4. The Hall–Kier alpha value is -2.02. The standard InChI is InChI=1S/C14H14F2N4S/c15-9-4-11-12(5-10(9)16)20(8-1-2-8)14(19-11)7(6-17)3-13(18)21/h3-6,8,21H,1-2,17-18H2/b7-6+,13-3+. The van der Waals surface area contributed by atoms with Crippen LogP contribution in [-0.4, -0.2) is 9.55 Å². The van der Waals surface area contributed by atoms with Crippen LogP contribution in [0.4, 0.5) is 8.78 Å². The van der Waals surface area contributed by atoms with Crippen molar-refractivity contribution in [1.82, 2.24) is 9.55 Å². The summed E-state index contributed by atoms with van der Waals surface area (Å²) in [5, 5.41) is 0.276. The van der Waals surface area contributed by atoms with Crippen molar-refractivity contribution in [3.63, 3.8) is 0 Å². The molecule has 0 spiro atoms. The second kappa shape index (κ2) is 5.07. The largest absolute Gasteiger partial charge is 0.404 e. The van der Waals surface area contributed by atoms with Gasteiger partial charge in [-0.05, 0) is 18.9 Å². The summed E-state index contributed by atoms with van der Waals surface area (Å²) in [6, 6.07) is 2.48. The van der Waals surface area contributed by atoms with Crippen molar-refractivity contribution in [2.75, 3.05) is 0 Å². The van der Waals surface area contributed by atoms with Crippen LogP contribution in [0, 0.1) is 11.6 Å². The average Bonchev–Trinajstić information content (AvgIpc) is 3.19. The lowest BCUT2D eigenvalue weighted by molar-refractivity contribution is 0.510. The molecule has 1 aliphatic rings. The van der Waals surface area contributed by atoms with Gasteiger partial charge in [-0.25, -0.2) is 13.8 Å².